The molecule has 0 spiro atoms. The van der Waals surface area contributed by atoms with E-state index in [1.165, 1.54) is 16.7 Å². The van der Waals surface area contributed by atoms with Crippen LogP contribution in [0.2, 0.25) is 0 Å². The third kappa shape index (κ3) is 4.92. The fourth-order valence-electron chi connectivity index (χ4n) is 2.27. The Morgan fingerprint density at radius 1 is 0.905 bits per heavy atom. The molecule has 0 aliphatic carbocycles. The number of aryl methyl sites for hydroxylation is 1. The van der Waals surface area contributed by atoms with Gasteiger partial charge >= 0.3 is 5.97 Å². The zero-order valence-electron chi connectivity index (χ0n) is 12.1. The molecule has 0 radical (unpaired) electrons. The van der Waals surface area contributed by atoms with Crippen LogP contribution in [0.5, 0.6) is 0 Å². The van der Waals surface area contributed by atoms with Gasteiger partial charge in [-0.3, -0.25) is 0 Å². The first-order valence-electron chi connectivity index (χ1n) is 7.18. The summed E-state index contributed by atoms with van der Waals surface area (Å²) in [6.45, 7) is 3.55. The molecular weight excluding hydrogens is 260 g/mol. The summed E-state index contributed by atoms with van der Waals surface area (Å²) in [5, 5.41) is 8.76. The van der Waals surface area contributed by atoms with E-state index >= 15 is 0 Å². The smallest absolute Gasteiger partial charge is 0.330 e. The van der Waals surface area contributed by atoms with Gasteiger partial charge in [-0.05, 0) is 42.4 Å². The quantitative estimate of drug-likeness (QED) is 0.770. The van der Waals surface area contributed by atoms with Crippen LogP contribution in [0.3, 0.4) is 0 Å². The van der Waals surface area contributed by atoms with Crippen LogP contribution in [-0.4, -0.2) is 11.1 Å². The van der Waals surface area contributed by atoms with E-state index in [2.05, 4.69) is 55.1 Å². The summed E-state index contributed by atoms with van der Waals surface area (Å²) >= 11 is 0. The monoisotopic (exact) mass is 280 g/mol. The van der Waals surface area contributed by atoms with Gasteiger partial charge in [-0.15, -0.1) is 0 Å². The molecule has 2 nitrogen and oxygen atoms in total. The van der Waals surface area contributed by atoms with Gasteiger partial charge in [0, 0.05) is 5.57 Å². The van der Waals surface area contributed by atoms with Crippen molar-refractivity contribution in [2.45, 2.75) is 25.7 Å². The molecule has 0 heterocycles. The van der Waals surface area contributed by atoms with Crippen LogP contribution < -0.4 is 0 Å². The van der Waals surface area contributed by atoms with Crippen molar-refractivity contribution in [2.24, 2.45) is 0 Å². The van der Waals surface area contributed by atoms with E-state index in [1.54, 1.807) is 0 Å². The molecular formula is C19H20O2. The first kappa shape index (κ1) is 15.0. The number of aliphatic carboxylic acids is 1. The van der Waals surface area contributed by atoms with Gasteiger partial charge < -0.3 is 5.11 Å². The SMILES string of the molecule is C=C(CCCc1ccc(Cc2ccccc2)cc1)C(=O)O. The topological polar surface area (TPSA) is 37.3 Å². The standard InChI is InChI=1S/C19H20O2/c1-15(19(20)21)6-5-9-16-10-12-18(13-11-16)14-17-7-3-2-4-8-17/h2-4,7-8,10-13H,1,5-6,9,14H2,(H,20,21). The van der Waals surface area contributed by atoms with Gasteiger partial charge in [0.2, 0.25) is 0 Å². The average molecular weight is 280 g/mol. The van der Waals surface area contributed by atoms with Crippen molar-refractivity contribution in [3.8, 4) is 0 Å². The zero-order chi connectivity index (χ0) is 15.1. The summed E-state index contributed by atoms with van der Waals surface area (Å²) < 4.78 is 0. The van der Waals surface area contributed by atoms with Crippen LogP contribution in [0.15, 0.2) is 66.7 Å². The van der Waals surface area contributed by atoms with Crippen LogP contribution in [0, 0.1) is 0 Å². The van der Waals surface area contributed by atoms with Crippen LogP contribution in [0.25, 0.3) is 0 Å². The fraction of sp³-hybridized carbons (Fsp3) is 0.211. The summed E-state index contributed by atoms with van der Waals surface area (Å²) in [4.78, 5) is 10.7. The molecule has 0 amide bonds. The molecule has 0 aliphatic rings. The second-order valence-corrected chi connectivity index (χ2v) is 5.24. The number of carboxylic acids is 1. The van der Waals surface area contributed by atoms with Gasteiger partial charge in [-0.25, -0.2) is 4.79 Å². The highest BCUT2D eigenvalue weighted by atomic mass is 16.4. The fourth-order valence-corrected chi connectivity index (χ4v) is 2.27. The third-order valence-electron chi connectivity index (χ3n) is 3.52. The number of hydrogen-bond donors (Lipinski definition) is 1. The van der Waals surface area contributed by atoms with E-state index in [-0.39, 0.29) is 5.57 Å². The van der Waals surface area contributed by atoms with Gasteiger partial charge in [0.05, 0.1) is 0 Å². The Hall–Kier alpha value is -2.35. The van der Waals surface area contributed by atoms with Crippen molar-refractivity contribution >= 4 is 5.97 Å². The average Bonchev–Trinajstić information content (AvgIpc) is 2.50. The molecule has 0 bridgehead atoms. The molecule has 2 heteroatoms. The normalized spacial score (nSPS) is 10.3. The van der Waals surface area contributed by atoms with Crippen LogP contribution in [0.4, 0.5) is 0 Å². The van der Waals surface area contributed by atoms with E-state index in [0.717, 1.165) is 19.3 Å². The Kier molecular flexibility index (Phi) is 5.33. The lowest BCUT2D eigenvalue weighted by Crippen LogP contribution is -1.99. The zero-order valence-corrected chi connectivity index (χ0v) is 12.1. The maximum absolute atomic E-state index is 10.7. The van der Waals surface area contributed by atoms with Gasteiger partial charge in [0.15, 0.2) is 0 Å². The highest BCUT2D eigenvalue weighted by Gasteiger charge is 2.03. The summed E-state index contributed by atoms with van der Waals surface area (Å²) in [5.41, 5.74) is 4.13. The Labute approximate surface area is 125 Å². The first-order chi connectivity index (χ1) is 10.1. The number of rotatable bonds is 7. The molecule has 21 heavy (non-hydrogen) atoms. The van der Waals surface area contributed by atoms with Crippen molar-refractivity contribution in [3.63, 3.8) is 0 Å². The Balaban J connectivity index is 1.85. The van der Waals surface area contributed by atoms with E-state index in [9.17, 15) is 4.79 Å². The lowest BCUT2D eigenvalue weighted by Gasteiger charge is -2.05. The largest absolute Gasteiger partial charge is 0.478 e. The molecule has 0 saturated heterocycles. The minimum absolute atomic E-state index is 0.288. The lowest BCUT2D eigenvalue weighted by atomic mass is 10.0. The summed E-state index contributed by atoms with van der Waals surface area (Å²) in [7, 11) is 0. The van der Waals surface area contributed by atoms with Gasteiger partial charge in [-0.2, -0.15) is 0 Å². The molecule has 0 unspecified atom stereocenters. The van der Waals surface area contributed by atoms with Crippen molar-refractivity contribution in [2.75, 3.05) is 0 Å². The van der Waals surface area contributed by atoms with E-state index in [4.69, 9.17) is 5.11 Å². The van der Waals surface area contributed by atoms with Crippen molar-refractivity contribution in [1.29, 1.82) is 0 Å². The molecule has 0 atom stereocenters. The van der Waals surface area contributed by atoms with Crippen LogP contribution in [-0.2, 0) is 17.6 Å². The van der Waals surface area contributed by atoms with Crippen LogP contribution >= 0.6 is 0 Å². The second-order valence-electron chi connectivity index (χ2n) is 5.24. The first-order valence-corrected chi connectivity index (χ1v) is 7.18. The number of hydrogen-bond acceptors (Lipinski definition) is 1. The van der Waals surface area contributed by atoms with Gasteiger partial charge in [0.1, 0.15) is 0 Å². The Morgan fingerprint density at radius 3 is 2.10 bits per heavy atom. The lowest BCUT2D eigenvalue weighted by molar-refractivity contribution is -0.132. The second kappa shape index (κ2) is 7.44. The van der Waals surface area contributed by atoms with E-state index in [1.807, 2.05) is 6.07 Å². The molecule has 108 valence electrons. The Morgan fingerprint density at radius 2 is 1.48 bits per heavy atom. The highest BCUT2D eigenvalue weighted by molar-refractivity contribution is 5.85. The van der Waals surface area contributed by atoms with Crippen molar-refractivity contribution in [1.82, 2.24) is 0 Å². The molecule has 0 aromatic heterocycles. The Bertz CT molecular complexity index is 597. The minimum atomic E-state index is -0.895. The van der Waals surface area contributed by atoms with Gasteiger partial charge in [0.25, 0.3) is 0 Å². The van der Waals surface area contributed by atoms with E-state index < -0.39 is 5.97 Å². The summed E-state index contributed by atoms with van der Waals surface area (Å²) in [5.74, 6) is -0.895. The number of benzene rings is 2. The minimum Gasteiger partial charge on any atom is -0.478 e. The summed E-state index contributed by atoms with van der Waals surface area (Å²) in [6.07, 6.45) is 3.19. The molecule has 2 rings (SSSR count). The van der Waals surface area contributed by atoms with Crippen LogP contribution in [0.1, 0.15) is 29.5 Å². The molecule has 0 saturated carbocycles. The molecule has 2 aromatic rings. The summed E-state index contributed by atoms with van der Waals surface area (Å²) in [6, 6.07) is 18.9. The highest BCUT2D eigenvalue weighted by Crippen LogP contribution is 2.13. The predicted octanol–water partition coefficient (Wildman–Crippen LogP) is 4.24. The number of carboxylic acid groups (broad SMARTS) is 1. The maximum atomic E-state index is 10.7. The number of carbonyl (C=O) groups is 1. The van der Waals surface area contributed by atoms with Crippen molar-refractivity contribution < 1.29 is 9.90 Å². The molecule has 1 N–H and O–H groups in total. The molecule has 0 fully saturated rings. The maximum Gasteiger partial charge on any atom is 0.330 e. The molecule has 2 aromatic carbocycles. The van der Waals surface area contributed by atoms with Crippen molar-refractivity contribution in [3.05, 3.63) is 83.4 Å². The van der Waals surface area contributed by atoms with Gasteiger partial charge in [-0.1, -0.05) is 61.2 Å². The molecule has 0 aliphatic heterocycles. The van der Waals surface area contributed by atoms with E-state index in [0.29, 0.717) is 6.42 Å². The third-order valence-corrected chi connectivity index (χ3v) is 3.52. The predicted molar refractivity (Wildman–Crippen MR) is 85.4 cm³/mol.